The molecule has 0 saturated heterocycles. The Kier molecular flexibility index (Phi) is 3.29. The molecule has 0 spiro atoms. The van der Waals surface area contributed by atoms with E-state index in [-0.39, 0.29) is 12.5 Å². The fraction of sp³-hybridized carbons (Fsp3) is 0.222. The van der Waals surface area contributed by atoms with Crippen LogP contribution < -0.4 is 5.32 Å². The molecular formula is C9H10NO2. The van der Waals surface area contributed by atoms with E-state index in [4.69, 9.17) is 0 Å². The highest BCUT2D eigenvalue weighted by molar-refractivity contribution is 5.81. The number of carbonyl (C=O) groups is 1. The van der Waals surface area contributed by atoms with Crippen molar-refractivity contribution in [2.45, 2.75) is 0 Å². The molecule has 63 valence electrons. The number of hydrogen-bond donors (Lipinski definition) is 0. The summed E-state index contributed by atoms with van der Waals surface area (Å²) in [7, 11) is 1.47. The zero-order valence-corrected chi connectivity index (χ0v) is 6.86. The van der Waals surface area contributed by atoms with Gasteiger partial charge in [0.1, 0.15) is 6.61 Å². The number of carbonyl (C=O) groups excluding carboxylic acids is 1. The molecule has 1 rings (SSSR count). The highest BCUT2D eigenvalue weighted by atomic mass is 16.5. The number of amides is 1. The lowest BCUT2D eigenvalue weighted by Gasteiger charge is -1.99. The molecule has 1 aromatic rings. The van der Waals surface area contributed by atoms with Crippen LogP contribution in [0.15, 0.2) is 30.3 Å². The Morgan fingerprint density at radius 1 is 1.42 bits per heavy atom. The molecule has 1 radical (unpaired) electrons. The van der Waals surface area contributed by atoms with Gasteiger partial charge in [-0.1, -0.05) is 18.2 Å². The van der Waals surface area contributed by atoms with Crippen molar-refractivity contribution in [1.82, 2.24) is 5.32 Å². The highest BCUT2D eigenvalue weighted by Crippen LogP contribution is 2.04. The highest BCUT2D eigenvalue weighted by Gasteiger charge is 2.01. The van der Waals surface area contributed by atoms with E-state index in [1.54, 1.807) is 12.1 Å². The lowest BCUT2D eigenvalue weighted by Crippen LogP contribution is -2.15. The Bertz CT molecular complexity index is 246. The predicted molar refractivity (Wildman–Crippen MR) is 45.1 cm³/mol. The molecule has 0 bridgehead atoms. The SMILES string of the molecule is COCC(=O)[N]c1ccccc1. The summed E-state index contributed by atoms with van der Waals surface area (Å²) < 4.78 is 4.63. The van der Waals surface area contributed by atoms with Gasteiger partial charge in [-0.15, -0.1) is 0 Å². The van der Waals surface area contributed by atoms with E-state index in [0.717, 1.165) is 0 Å². The second-order valence-electron chi connectivity index (χ2n) is 2.27. The molecule has 0 N–H and O–H groups in total. The van der Waals surface area contributed by atoms with Gasteiger partial charge < -0.3 is 4.74 Å². The maximum Gasteiger partial charge on any atom is 0.272 e. The van der Waals surface area contributed by atoms with Crippen LogP contribution >= 0.6 is 0 Å². The van der Waals surface area contributed by atoms with Gasteiger partial charge >= 0.3 is 0 Å². The molecule has 0 saturated carbocycles. The monoisotopic (exact) mass is 164 g/mol. The van der Waals surface area contributed by atoms with Crippen LogP contribution in [0.2, 0.25) is 0 Å². The first-order chi connectivity index (χ1) is 5.83. The molecule has 0 unspecified atom stereocenters. The molecule has 12 heavy (non-hydrogen) atoms. The number of benzene rings is 1. The molecule has 0 fully saturated rings. The van der Waals surface area contributed by atoms with Crippen molar-refractivity contribution in [3.8, 4) is 0 Å². The van der Waals surface area contributed by atoms with E-state index in [2.05, 4.69) is 10.1 Å². The van der Waals surface area contributed by atoms with Gasteiger partial charge in [0.15, 0.2) is 0 Å². The summed E-state index contributed by atoms with van der Waals surface area (Å²) in [6, 6.07) is 9.08. The van der Waals surface area contributed by atoms with Crippen LogP contribution in [0.3, 0.4) is 0 Å². The molecule has 1 aromatic carbocycles. The third-order valence-corrected chi connectivity index (χ3v) is 1.28. The molecule has 0 aromatic heterocycles. The Labute approximate surface area is 71.4 Å². The van der Waals surface area contributed by atoms with Crippen molar-refractivity contribution in [2.24, 2.45) is 0 Å². The first kappa shape index (κ1) is 8.74. The molecule has 0 heterocycles. The van der Waals surface area contributed by atoms with Gasteiger partial charge in [-0.3, -0.25) is 4.79 Å². The molecule has 0 aliphatic rings. The van der Waals surface area contributed by atoms with Crippen LogP contribution in [0, 0.1) is 0 Å². The van der Waals surface area contributed by atoms with Crippen molar-refractivity contribution in [3.63, 3.8) is 0 Å². The number of nitrogens with zero attached hydrogens (tertiary/aromatic N) is 1. The Hall–Kier alpha value is -1.35. The van der Waals surface area contributed by atoms with Gasteiger partial charge in [0, 0.05) is 7.11 Å². The first-order valence-corrected chi connectivity index (χ1v) is 3.61. The number of rotatable bonds is 3. The maximum atomic E-state index is 10.9. The summed E-state index contributed by atoms with van der Waals surface area (Å²) in [6.45, 7) is 0.0366. The number of ether oxygens (including phenoxy) is 1. The van der Waals surface area contributed by atoms with Crippen molar-refractivity contribution in [2.75, 3.05) is 13.7 Å². The van der Waals surface area contributed by atoms with Crippen molar-refractivity contribution < 1.29 is 9.53 Å². The average Bonchev–Trinajstić information content (AvgIpc) is 2.06. The summed E-state index contributed by atoms with van der Waals surface area (Å²) in [5, 5.41) is 3.78. The number of methoxy groups -OCH3 is 1. The molecule has 0 aliphatic carbocycles. The molecule has 0 aliphatic heterocycles. The topological polar surface area (TPSA) is 40.4 Å². The summed E-state index contributed by atoms with van der Waals surface area (Å²) in [6.07, 6.45) is 0. The minimum atomic E-state index is -0.260. The molecule has 1 amide bonds. The van der Waals surface area contributed by atoms with Crippen molar-refractivity contribution in [1.29, 1.82) is 0 Å². The normalized spacial score (nSPS) is 9.42. The maximum absolute atomic E-state index is 10.9. The van der Waals surface area contributed by atoms with E-state index in [9.17, 15) is 4.79 Å². The standard InChI is InChI=1S/C9H10NO2/c1-12-7-9(11)10-8-5-3-2-4-6-8/h2-6H,7H2,1H3. The van der Waals surface area contributed by atoms with Crippen molar-refractivity contribution >= 4 is 11.6 Å². The molecule has 3 nitrogen and oxygen atoms in total. The van der Waals surface area contributed by atoms with E-state index in [1.165, 1.54) is 7.11 Å². The third-order valence-electron chi connectivity index (χ3n) is 1.28. The number of hydrogen-bond acceptors (Lipinski definition) is 2. The smallest absolute Gasteiger partial charge is 0.272 e. The summed E-state index contributed by atoms with van der Waals surface area (Å²) in [4.78, 5) is 10.9. The molecular weight excluding hydrogens is 154 g/mol. The average molecular weight is 164 g/mol. The van der Waals surface area contributed by atoms with Crippen LogP contribution in [0.4, 0.5) is 5.69 Å². The largest absolute Gasteiger partial charge is 0.375 e. The van der Waals surface area contributed by atoms with Crippen LogP contribution in [0.5, 0.6) is 0 Å². The fourth-order valence-electron chi connectivity index (χ4n) is 0.802. The van der Waals surface area contributed by atoms with Gasteiger partial charge in [0.05, 0.1) is 5.69 Å². The van der Waals surface area contributed by atoms with E-state index in [1.807, 2.05) is 18.2 Å². The number of para-hydroxylation sites is 1. The van der Waals surface area contributed by atoms with Gasteiger partial charge in [-0.05, 0) is 12.1 Å². The molecule has 3 heteroatoms. The Balaban J connectivity index is 2.47. The van der Waals surface area contributed by atoms with Crippen LogP contribution in [-0.2, 0) is 9.53 Å². The lowest BCUT2D eigenvalue weighted by molar-refractivity contribution is -0.123. The summed E-state index contributed by atoms with van der Waals surface area (Å²) >= 11 is 0. The van der Waals surface area contributed by atoms with Gasteiger partial charge in [0.2, 0.25) is 0 Å². The van der Waals surface area contributed by atoms with Gasteiger partial charge in [-0.2, -0.15) is 0 Å². The minimum absolute atomic E-state index is 0.0366. The van der Waals surface area contributed by atoms with E-state index < -0.39 is 0 Å². The predicted octanol–water partition coefficient (Wildman–Crippen LogP) is 1.10. The second kappa shape index (κ2) is 4.51. The van der Waals surface area contributed by atoms with Gasteiger partial charge in [0.25, 0.3) is 5.91 Å². The zero-order chi connectivity index (χ0) is 8.81. The summed E-state index contributed by atoms with van der Waals surface area (Å²) in [5.41, 5.74) is 0.666. The minimum Gasteiger partial charge on any atom is -0.375 e. The van der Waals surface area contributed by atoms with Crippen LogP contribution in [0.25, 0.3) is 0 Å². The Morgan fingerprint density at radius 2 is 2.08 bits per heavy atom. The van der Waals surface area contributed by atoms with Crippen LogP contribution in [-0.4, -0.2) is 19.6 Å². The zero-order valence-electron chi connectivity index (χ0n) is 6.86. The lowest BCUT2D eigenvalue weighted by atomic mass is 10.3. The first-order valence-electron chi connectivity index (χ1n) is 3.61. The van der Waals surface area contributed by atoms with Gasteiger partial charge in [-0.25, -0.2) is 5.32 Å². The molecule has 0 atom stereocenters. The summed E-state index contributed by atoms with van der Waals surface area (Å²) in [5.74, 6) is -0.260. The Morgan fingerprint density at radius 3 is 2.67 bits per heavy atom. The second-order valence-corrected chi connectivity index (χ2v) is 2.27. The van der Waals surface area contributed by atoms with E-state index >= 15 is 0 Å². The quantitative estimate of drug-likeness (QED) is 0.671. The van der Waals surface area contributed by atoms with E-state index in [0.29, 0.717) is 5.69 Å². The van der Waals surface area contributed by atoms with Crippen molar-refractivity contribution in [3.05, 3.63) is 30.3 Å². The fourth-order valence-corrected chi connectivity index (χ4v) is 0.802. The third kappa shape index (κ3) is 2.72. The van der Waals surface area contributed by atoms with Crippen LogP contribution in [0.1, 0.15) is 0 Å².